The highest BCUT2D eigenvalue weighted by atomic mass is 16.4. The maximum absolute atomic E-state index is 13.0. The minimum Gasteiger partial charge on any atom is -0.481 e. The maximum Gasteiger partial charge on any atom is 0.326 e. The van der Waals surface area contributed by atoms with Gasteiger partial charge in [0.2, 0.25) is 29.5 Å². The van der Waals surface area contributed by atoms with Gasteiger partial charge in [-0.05, 0) is 25.7 Å². The summed E-state index contributed by atoms with van der Waals surface area (Å²) < 4.78 is 0. The van der Waals surface area contributed by atoms with E-state index < -0.39 is 84.9 Å². The second kappa shape index (κ2) is 17.1. The highest BCUT2D eigenvalue weighted by Gasteiger charge is 2.30. The van der Waals surface area contributed by atoms with Crippen molar-refractivity contribution in [2.24, 2.45) is 33.7 Å². The molecule has 0 aliphatic rings. The van der Waals surface area contributed by atoms with E-state index in [1.165, 1.54) is 0 Å². The van der Waals surface area contributed by atoms with Crippen molar-refractivity contribution in [1.29, 1.82) is 0 Å². The number of nitrogens with one attached hydrogen (secondary N) is 3. The zero-order valence-electron chi connectivity index (χ0n) is 20.6. The fourth-order valence-electron chi connectivity index (χ4n) is 2.99. The number of primary amides is 2. The first-order valence-electron chi connectivity index (χ1n) is 11.4. The lowest BCUT2D eigenvalue weighted by atomic mass is 10.1. The summed E-state index contributed by atoms with van der Waals surface area (Å²) >= 11 is 0. The summed E-state index contributed by atoms with van der Waals surface area (Å²) in [6, 6.07) is -5.78. The van der Waals surface area contributed by atoms with Gasteiger partial charge >= 0.3 is 11.9 Å². The van der Waals surface area contributed by atoms with Gasteiger partial charge in [-0.2, -0.15) is 0 Å². The summed E-state index contributed by atoms with van der Waals surface area (Å²) in [6.45, 7) is 0.0488. The molecule has 0 bridgehead atoms. The van der Waals surface area contributed by atoms with E-state index in [9.17, 15) is 38.7 Å². The van der Waals surface area contributed by atoms with Crippen molar-refractivity contribution in [2.75, 3.05) is 6.54 Å². The van der Waals surface area contributed by atoms with Crippen molar-refractivity contribution in [2.45, 2.75) is 69.1 Å². The van der Waals surface area contributed by atoms with Crippen LogP contribution in [0, 0.1) is 0 Å². The van der Waals surface area contributed by atoms with E-state index in [0.29, 0.717) is 0 Å². The molecule has 18 nitrogen and oxygen atoms in total. The second-order valence-corrected chi connectivity index (χ2v) is 8.18. The van der Waals surface area contributed by atoms with Crippen LogP contribution in [0.15, 0.2) is 4.99 Å². The van der Waals surface area contributed by atoms with Crippen molar-refractivity contribution in [3.8, 4) is 0 Å². The van der Waals surface area contributed by atoms with Crippen LogP contribution in [0.3, 0.4) is 0 Å². The molecule has 0 aromatic carbocycles. The molecule has 15 N–H and O–H groups in total. The Balaban J connectivity index is 5.74. The lowest BCUT2D eigenvalue weighted by Crippen LogP contribution is -2.57. The summed E-state index contributed by atoms with van der Waals surface area (Å²) in [5, 5.41) is 24.9. The molecule has 0 heterocycles. The molecule has 4 atom stereocenters. The average Bonchev–Trinajstić information content (AvgIpc) is 2.79. The summed E-state index contributed by atoms with van der Waals surface area (Å²) in [6.07, 6.45) is -2.11. The van der Waals surface area contributed by atoms with Crippen molar-refractivity contribution < 1.29 is 43.8 Å². The Hall–Kier alpha value is -4.48. The molecule has 0 aliphatic heterocycles. The third-order valence-electron chi connectivity index (χ3n) is 4.91. The van der Waals surface area contributed by atoms with Crippen LogP contribution in [0.5, 0.6) is 0 Å². The van der Waals surface area contributed by atoms with Gasteiger partial charge in [0.05, 0.1) is 12.5 Å². The molecule has 0 aromatic rings. The number of nitrogens with zero attached hydrogens (tertiary/aromatic N) is 1. The number of hydrogen-bond acceptors (Lipinski definition) is 9. The molecule has 5 amide bonds. The van der Waals surface area contributed by atoms with Crippen LogP contribution >= 0.6 is 0 Å². The van der Waals surface area contributed by atoms with Gasteiger partial charge in [0.25, 0.3) is 0 Å². The van der Waals surface area contributed by atoms with Gasteiger partial charge < -0.3 is 54.8 Å². The quantitative estimate of drug-likeness (QED) is 0.0414. The molecule has 0 saturated heterocycles. The summed E-state index contributed by atoms with van der Waals surface area (Å²) in [4.78, 5) is 86.4. The molecule has 0 spiro atoms. The van der Waals surface area contributed by atoms with E-state index in [1.54, 1.807) is 0 Å². The molecule has 0 fully saturated rings. The first kappa shape index (κ1) is 33.5. The number of hydrogen-bond donors (Lipinski definition) is 10. The molecule has 4 unspecified atom stereocenters. The maximum atomic E-state index is 13.0. The number of carboxylic acids is 2. The molecule has 0 radical (unpaired) electrons. The monoisotopic (exact) mass is 545 g/mol. The SMILES string of the molecule is NC(=O)CCC(NC(=O)C(N)CC(N)=O)C(=O)NC(CCCN=C(N)N)C(=O)NC(CCC(=O)O)C(=O)O. The minimum absolute atomic E-state index is 0.0488. The molecule has 0 aromatic heterocycles. The lowest BCUT2D eigenvalue weighted by Gasteiger charge is -2.25. The van der Waals surface area contributed by atoms with Gasteiger partial charge in [0, 0.05) is 19.4 Å². The molecule has 0 aliphatic carbocycles. The number of nitrogens with two attached hydrogens (primary N) is 5. The Labute approximate surface area is 217 Å². The van der Waals surface area contributed by atoms with Crippen LogP contribution in [0.2, 0.25) is 0 Å². The predicted molar refractivity (Wildman–Crippen MR) is 130 cm³/mol. The van der Waals surface area contributed by atoms with Gasteiger partial charge in [-0.15, -0.1) is 0 Å². The number of carboxylic acid groups (broad SMARTS) is 2. The van der Waals surface area contributed by atoms with Crippen molar-refractivity contribution >= 4 is 47.4 Å². The summed E-state index contributed by atoms with van der Waals surface area (Å²) in [5.74, 6) is -7.54. The third-order valence-corrected chi connectivity index (χ3v) is 4.91. The number of carbonyl (C=O) groups excluding carboxylic acids is 5. The molecular weight excluding hydrogens is 510 g/mol. The number of rotatable bonds is 19. The fraction of sp³-hybridized carbons (Fsp3) is 0.600. The number of guanidine groups is 1. The molecular formula is C20H35N9O9. The standard InChI is InChI=1S/C20H35N9O9/c21-9(8-14(23)31)16(34)27-11(3-5-13(22)30)18(36)28-10(2-1-7-26-20(24)25)17(35)29-12(19(37)38)4-6-15(32)33/h9-12H,1-8,21H2,(H2,22,30)(H2,23,31)(H,27,34)(H,28,36)(H,29,35)(H,32,33)(H,37,38)(H4,24,25,26). The highest BCUT2D eigenvalue weighted by molar-refractivity contribution is 5.95. The van der Waals surface area contributed by atoms with E-state index in [4.69, 9.17) is 33.8 Å². The zero-order valence-corrected chi connectivity index (χ0v) is 20.6. The fourth-order valence-corrected chi connectivity index (χ4v) is 2.99. The van der Waals surface area contributed by atoms with E-state index in [2.05, 4.69) is 20.9 Å². The van der Waals surface area contributed by atoms with Crippen LogP contribution in [-0.2, 0) is 33.6 Å². The smallest absolute Gasteiger partial charge is 0.326 e. The van der Waals surface area contributed by atoms with Crippen molar-refractivity contribution in [1.82, 2.24) is 16.0 Å². The van der Waals surface area contributed by atoms with Gasteiger partial charge in [-0.1, -0.05) is 0 Å². The van der Waals surface area contributed by atoms with Crippen LogP contribution in [0.1, 0.15) is 44.9 Å². The third kappa shape index (κ3) is 14.8. The molecule has 0 rings (SSSR count). The molecule has 18 heteroatoms. The predicted octanol–water partition coefficient (Wildman–Crippen LogP) is -5.09. The van der Waals surface area contributed by atoms with Crippen LogP contribution in [-0.4, -0.2) is 88.4 Å². The topological polar surface area (TPSA) is 338 Å². The van der Waals surface area contributed by atoms with E-state index in [1.807, 2.05) is 0 Å². The second-order valence-electron chi connectivity index (χ2n) is 8.18. The molecule has 214 valence electrons. The first-order chi connectivity index (χ1) is 17.6. The Kier molecular flexibility index (Phi) is 15.0. The number of carbonyl (C=O) groups is 7. The van der Waals surface area contributed by atoms with Crippen molar-refractivity contribution in [3.05, 3.63) is 0 Å². The number of aliphatic imine (C=N–C) groups is 1. The average molecular weight is 546 g/mol. The Bertz CT molecular complexity index is 922. The molecule has 0 saturated carbocycles. The van der Waals surface area contributed by atoms with E-state index in [-0.39, 0.29) is 38.2 Å². The van der Waals surface area contributed by atoms with E-state index >= 15 is 0 Å². The normalized spacial score (nSPS) is 13.6. The van der Waals surface area contributed by atoms with Gasteiger partial charge in [0.1, 0.15) is 18.1 Å². The zero-order chi connectivity index (χ0) is 29.4. The number of amides is 5. The van der Waals surface area contributed by atoms with Gasteiger partial charge in [0.15, 0.2) is 5.96 Å². The lowest BCUT2D eigenvalue weighted by molar-refractivity contribution is -0.143. The van der Waals surface area contributed by atoms with E-state index in [0.717, 1.165) is 0 Å². The van der Waals surface area contributed by atoms with Crippen LogP contribution in [0.25, 0.3) is 0 Å². The minimum atomic E-state index is -1.58. The Morgan fingerprint density at radius 1 is 0.684 bits per heavy atom. The largest absolute Gasteiger partial charge is 0.481 e. The first-order valence-corrected chi connectivity index (χ1v) is 11.4. The summed E-state index contributed by atoms with van der Waals surface area (Å²) in [7, 11) is 0. The Morgan fingerprint density at radius 3 is 1.66 bits per heavy atom. The molecule has 38 heavy (non-hydrogen) atoms. The highest BCUT2D eigenvalue weighted by Crippen LogP contribution is 2.06. The van der Waals surface area contributed by atoms with Crippen molar-refractivity contribution in [3.63, 3.8) is 0 Å². The van der Waals surface area contributed by atoms with Gasteiger partial charge in [-0.25, -0.2) is 4.79 Å². The van der Waals surface area contributed by atoms with Crippen LogP contribution in [0.4, 0.5) is 0 Å². The number of aliphatic carboxylic acids is 2. The van der Waals surface area contributed by atoms with Gasteiger partial charge in [-0.3, -0.25) is 33.8 Å². The summed E-state index contributed by atoms with van der Waals surface area (Å²) in [5.41, 5.74) is 26.2. The Morgan fingerprint density at radius 2 is 1.18 bits per heavy atom. The van der Waals surface area contributed by atoms with Crippen LogP contribution < -0.4 is 44.6 Å².